The Bertz CT molecular complexity index is 945. The van der Waals surface area contributed by atoms with E-state index in [2.05, 4.69) is 10.4 Å². The number of rotatable bonds is 5. The van der Waals surface area contributed by atoms with Gasteiger partial charge in [0.1, 0.15) is 5.82 Å². The van der Waals surface area contributed by atoms with E-state index < -0.39 is 28.2 Å². The summed E-state index contributed by atoms with van der Waals surface area (Å²) in [6, 6.07) is 5.21. The Morgan fingerprint density at radius 2 is 2.23 bits per heavy atom. The maximum Gasteiger partial charge on any atom is 0.263 e. The van der Waals surface area contributed by atoms with Crippen LogP contribution < -0.4 is 10.1 Å². The highest BCUT2D eigenvalue weighted by molar-refractivity contribution is 7.91. The summed E-state index contributed by atoms with van der Waals surface area (Å²) in [5.41, 5.74) is 0.647. The molecule has 1 amide bonds. The van der Waals surface area contributed by atoms with Crippen LogP contribution in [0.5, 0.6) is 5.75 Å². The minimum atomic E-state index is -3.08. The van der Waals surface area contributed by atoms with Crippen molar-refractivity contribution in [1.29, 1.82) is 0 Å². The molecule has 0 aliphatic carbocycles. The van der Waals surface area contributed by atoms with Crippen molar-refractivity contribution >= 4 is 33.2 Å². The van der Waals surface area contributed by atoms with Crippen molar-refractivity contribution in [2.75, 3.05) is 23.4 Å². The number of hydrogen-bond donors (Lipinski definition) is 1. The van der Waals surface area contributed by atoms with Crippen LogP contribution in [0.2, 0.25) is 5.02 Å². The Kier molecular flexibility index (Phi) is 5.19. The van der Waals surface area contributed by atoms with Crippen molar-refractivity contribution in [2.45, 2.75) is 19.4 Å². The molecule has 2 aromatic rings. The van der Waals surface area contributed by atoms with Crippen LogP contribution in [-0.2, 0) is 14.6 Å². The molecule has 7 nitrogen and oxygen atoms in total. The highest BCUT2D eigenvalue weighted by atomic mass is 35.5. The molecule has 1 aliphatic heterocycles. The number of nitrogens with one attached hydrogen (secondary N) is 1. The average molecular weight is 402 g/mol. The van der Waals surface area contributed by atoms with Gasteiger partial charge in [0.15, 0.2) is 28.0 Å². The molecule has 2 heterocycles. The molecule has 1 fully saturated rings. The van der Waals surface area contributed by atoms with Crippen LogP contribution in [0.4, 0.5) is 10.2 Å². The van der Waals surface area contributed by atoms with Gasteiger partial charge in [0.05, 0.1) is 23.2 Å². The number of halogens is 2. The molecular formula is C16H17ClFN3O4S. The number of benzene rings is 1. The topological polar surface area (TPSA) is 90.3 Å². The summed E-state index contributed by atoms with van der Waals surface area (Å²) in [5.74, 6) is -0.790. The number of anilines is 1. The molecule has 1 aromatic heterocycles. The minimum Gasteiger partial charge on any atom is -0.481 e. The van der Waals surface area contributed by atoms with Gasteiger partial charge in [-0.2, -0.15) is 5.10 Å². The summed E-state index contributed by atoms with van der Waals surface area (Å²) in [4.78, 5) is 12.1. The summed E-state index contributed by atoms with van der Waals surface area (Å²) >= 11 is 5.66. The number of carbonyl (C=O) groups excluding carboxylic acids is 1. The van der Waals surface area contributed by atoms with Crippen molar-refractivity contribution in [3.8, 4) is 5.75 Å². The third-order valence-corrected chi connectivity index (χ3v) is 5.92. The Labute approximate surface area is 155 Å². The summed E-state index contributed by atoms with van der Waals surface area (Å²) in [5, 5.41) is 7.13. The van der Waals surface area contributed by atoms with E-state index in [1.807, 2.05) is 0 Å². The minimum absolute atomic E-state index is 0.0104. The van der Waals surface area contributed by atoms with Crippen molar-refractivity contribution in [3.05, 3.63) is 40.8 Å². The standard InChI is InChI=1S/C16H17ClFN3O4S/c1-10-6-15(21(20-10)12-4-5-26(23,24)9-12)19-16(22)8-25-14-3-2-11(17)7-13(14)18/h2-3,6-7,12H,4-5,8-9H2,1H3,(H,19,22). The first kappa shape index (κ1) is 18.7. The molecule has 1 aromatic carbocycles. The van der Waals surface area contributed by atoms with Crippen LogP contribution in [0.1, 0.15) is 18.2 Å². The van der Waals surface area contributed by atoms with Crippen LogP contribution in [0.25, 0.3) is 0 Å². The van der Waals surface area contributed by atoms with E-state index in [1.54, 1.807) is 13.0 Å². The van der Waals surface area contributed by atoms with E-state index in [9.17, 15) is 17.6 Å². The maximum atomic E-state index is 13.7. The molecule has 10 heteroatoms. The molecule has 1 unspecified atom stereocenters. The quantitative estimate of drug-likeness (QED) is 0.830. The number of sulfone groups is 1. The first-order valence-electron chi connectivity index (χ1n) is 7.88. The van der Waals surface area contributed by atoms with E-state index in [4.69, 9.17) is 16.3 Å². The van der Waals surface area contributed by atoms with E-state index in [-0.39, 0.29) is 28.3 Å². The molecule has 140 valence electrons. The van der Waals surface area contributed by atoms with Crippen LogP contribution in [-0.4, -0.2) is 42.2 Å². The number of ether oxygens (including phenoxy) is 1. The lowest BCUT2D eigenvalue weighted by Gasteiger charge is -2.14. The second-order valence-electron chi connectivity index (χ2n) is 6.08. The largest absolute Gasteiger partial charge is 0.481 e. The molecule has 26 heavy (non-hydrogen) atoms. The molecule has 1 aliphatic rings. The van der Waals surface area contributed by atoms with Gasteiger partial charge in [0.2, 0.25) is 0 Å². The Morgan fingerprint density at radius 1 is 1.46 bits per heavy atom. The number of carbonyl (C=O) groups is 1. The zero-order chi connectivity index (χ0) is 18.9. The molecular weight excluding hydrogens is 385 g/mol. The molecule has 0 saturated carbocycles. The Balaban J connectivity index is 1.66. The van der Waals surface area contributed by atoms with Crippen LogP contribution in [0, 0.1) is 12.7 Å². The molecule has 1 saturated heterocycles. The van der Waals surface area contributed by atoms with Crippen molar-refractivity contribution in [3.63, 3.8) is 0 Å². The fourth-order valence-corrected chi connectivity index (χ4v) is 4.62. The van der Waals surface area contributed by atoms with Crippen LogP contribution >= 0.6 is 11.6 Å². The number of amides is 1. The zero-order valence-corrected chi connectivity index (χ0v) is 15.5. The van der Waals surface area contributed by atoms with Crippen molar-refractivity contribution < 1.29 is 22.3 Å². The molecule has 0 bridgehead atoms. The monoisotopic (exact) mass is 401 g/mol. The van der Waals surface area contributed by atoms with Gasteiger partial charge in [-0.05, 0) is 31.5 Å². The second kappa shape index (κ2) is 7.24. The summed E-state index contributed by atoms with van der Waals surface area (Å²) in [7, 11) is -3.08. The van der Waals surface area contributed by atoms with E-state index >= 15 is 0 Å². The lowest BCUT2D eigenvalue weighted by molar-refractivity contribution is -0.118. The fraction of sp³-hybridized carbons (Fsp3) is 0.375. The fourth-order valence-electron chi connectivity index (χ4n) is 2.77. The number of nitrogens with zero attached hydrogens (tertiary/aromatic N) is 2. The third-order valence-electron chi connectivity index (χ3n) is 3.93. The predicted molar refractivity (Wildman–Crippen MR) is 94.8 cm³/mol. The smallest absolute Gasteiger partial charge is 0.263 e. The molecule has 1 atom stereocenters. The van der Waals surface area contributed by atoms with Gasteiger partial charge in [-0.25, -0.2) is 17.5 Å². The Morgan fingerprint density at radius 3 is 2.88 bits per heavy atom. The van der Waals surface area contributed by atoms with Gasteiger partial charge >= 0.3 is 0 Å². The van der Waals surface area contributed by atoms with Crippen LogP contribution in [0.15, 0.2) is 24.3 Å². The molecule has 1 N–H and O–H groups in total. The lowest BCUT2D eigenvalue weighted by Crippen LogP contribution is -2.24. The van der Waals surface area contributed by atoms with Gasteiger partial charge in [-0.3, -0.25) is 4.79 Å². The average Bonchev–Trinajstić information content (AvgIpc) is 3.08. The number of aryl methyl sites for hydroxylation is 1. The van der Waals surface area contributed by atoms with Gasteiger partial charge in [0.25, 0.3) is 5.91 Å². The van der Waals surface area contributed by atoms with Crippen LogP contribution in [0.3, 0.4) is 0 Å². The van der Waals surface area contributed by atoms with E-state index in [0.29, 0.717) is 17.9 Å². The second-order valence-corrected chi connectivity index (χ2v) is 8.75. The third kappa shape index (κ3) is 4.34. The number of aromatic nitrogens is 2. The molecule has 0 radical (unpaired) electrons. The Hall–Kier alpha value is -2.13. The van der Waals surface area contributed by atoms with Crippen molar-refractivity contribution in [1.82, 2.24) is 9.78 Å². The molecule has 0 spiro atoms. The van der Waals surface area contributed by atoms with Gasteiger partial charge < -0.3 is 10.1 Å². The first-order valence-corrected chi connectivity index (χ1v) is 10.1. The van der Waals surface area contributed by atoms with Gasteiger partial charge in [0, 0.05) is 11.1 Å². The SMILES string of the molecule is Cc1cc(NC(=O)COc2ccc(Cl)cc2F)n(C2CCS(=O)(=O)C2)n1. The van der Waals surface area contributed by atoms with E-state index in [1.165, 1.54) is 16.8 Å². The highest BCUT2D eigenvalue weighted by Gasteiger charge is 2.31. The van der Waals surface area contributed by atoms with Gasteiger partial charge in [-0.15, -0.1) is 0 Å². The highest BCUT2D eigenvalue weighted by Crippen LogP contribution is 2.27. The summed E-state index contributed by atoms with van der Waals surface area (Å²) in [6.07, 6.45) is 0.443. The first-order chi connectivity index (χ1) is 12.2. The van der Waals surface area contributed by atoms with Gasteiger partial charge in [-0.1, -0.05) is 11.6 Å². The normalized spacial score (nSPS) is 18.7. The summed E-state index contributed by atoms with van der Waals surface area (Å²) < 4.78 is 43.7. The maximum absolute atomic E-state index is 13.7. The molecule has 3 rings (SSSR count). The lowest BCUT2D eigenvalue weighted by atomic mass is 10.3. The predicted octanol–water partition coefficient (Wildman–Crippen LogP) is 2.36. The number of hydrogen-bond acceptors (Lipinski definition) is 5. The summed E-state index contributed by atoms with van der Waals surface area (Å²) in [6.45, 7) is 1.33. The zero-order valence-electron chi connectivity index (χ0n) is 13.9. The van der Waals surface area contributed by atoms with Crippen molar-refractivity contribution in [2.24, 2.45) is 0 Å². The van der Waals surface area contributed by atoms with E-state index in [0.717, 1.165) is 6.07 Å².